The van der Waals surface area contributed by atoms with Gasteiger partial charge in [-0.3, -0.25) is 10.1 Å². The molecule has 3 atom stereocenters. The van der Waals surface area contributed by atoms with Crippen molar-refractivity contribution in [3.63, 3.8) is 0 Å². The molecule has 3 unspecified atom stereocenters. The van der Waals surface area contributed by atoms with E-state index in [-0.39, 0.29) is 46.6 Å². The molecule has 2 N–H and O–H groups in total. The number of aromatic nitrogens is 1. The Morgan fingerprint density at radius 3 is 2.77 bits per heavy atom. The fourth-order valence-electron chi connectivity index (χ4n) is 6.23. The van der Waals surface area contributed by atoms with Crippen molar-refractivity contribution in [1.29, 1.82) is 0 Å². The molecule has 5 fully saturated rings. The van der Waals surface area contributed by atoms with Gasteiger partial charge in [-0.2, -0.15) is 0 Å². The van der Waals surface area contributed by atoms with Crippen LogP contribution >= 0.6 is 11.6 Å². The van der Waals surface area contributed by atoms with Crippen molar-refractivity contribution < 1.29 is 19.6 Å². The number of ether oxygens (including phenoxy) is 1. The van der Waals surface area contributed by atoms with E-state index in [9.17, 15) is 20.0 Å². The Morgan fingerprint density at radius 2 is 2.10 bits per heavy atom. The molecule has 4 aliphatic carbocycles. The molecule has 162 valence electrons. The maximum Gasteiger partial charge on any atom is 0.410 e. The number of nitrogens with zero attached hydrogens (tertiary/aromatic N) is 3. The van der Waals surface area contributed by atoms with Crippen LogP contribution in [-0.4, -0.2) is 56.8 Å². The first-order chi connectivity index (χ1) is 14.3. The number of anilines is 1. The highest BCUT2D eigenvalue weighted by molar-refractivity contribution is 6.30. The SMILES string of the molecule is O=C(OC1C2CC3CC1CC(O)(C3)C2)N1CCC(Nc2ncc(Cl)cc2[N+](=O)[O-])C1. The van der Waals surface area contributed by atoms with Crippen molar-refractivity contribution >= 4 is 29.2 Å². The molecule has 4 bridgehead atoms. The largest absolute Gasteiger partial charge is 0.446 e. The van der Waals surface area contributed by atoms with Crippen molar-refractivity contribution in [2.24, 2.45) is 17.8 Å². The van der Waals surface area contributed by atoms with E-state index in [0.717, 1.165) is 32.1 Å². The lowest BCUT2D eigenvalue weighted by atomic mass is 9.53. The molecule has 6 rings (SSSR count). The maximum absolute atomic E-state index is 12.8. The minimum absolute atomic E-state index is 0.111. The number of pyridine rings is 1. The van der Waals surface area contributed by atoms with Gasteiger partial charge in [0.1, 0.15) is 6.10 Å². The van der Waals surface area contributed by atoms with Gasteiger partial charge >= 0.3 is 11.8 Å². The number of carbonyl (C=O) groups excluding carboxylic acids is 1. The fraction of sp³-hybridized carbons (Fsp3) is 0.700. The molecule has 2 heterocycles. The molecular weight excluding hydrogens is 412 g/mol. The number of rotatable bonds is 4. The Kier molecular flexibility index (Phi) is 4.77. The minimum atomic E-state index is -0.553. The molecule has 10 heteroatoms. The first-order valence-electron chi connectivity index (χ1n) is 10.5. The number of aliphatic hydroxyl groups is 1. The van der Waals surface area contributed by atoms with Crippen molar-refractivity contribution in [2.75, 3.05) is 18.4 Å². The summed E-state index contributed by atoms with van der Waals surface area (Å²) in [6.45, 7) is 0.918. The number of halogens is 1. The summed E-state index contributed by atoms with van der Waals surface area (Å²) >= 11 is 5.82. The lowest BCUT2D eigenvalue weighted by Crippen LogP contribution is -2.58. The highest BCUT2D eigenvalue weighted by Crippen LogP contribution is 2.56. The van der Waals surface area contributed by atoms with Gasteiger partial charge in [-0.1, -0.05) is 11.6 Å². The molecule has 1 aromatic rings. The zero-order chi connectivity index (χ0) is 21.0. The Balaban J connectivity index is 1.20. The van der Waals surface area contributed by atoms with Crippen LogP contribution in [-0.2, 0) is 4.74 Å². The minimum Gasteiger partial charge on any atom is -0.446 e. The molecule has 9 nitrogen and oxygen atoms in total. The highest BCUT2D eigenvalue weighted by Gasteiger charge is 2.56. The van der Waals surface area contributed by atoms with Crippen LogP contribution < -0.4 is 5.32 Å². The van der Waals surface area contributed by atoms with E-state index in [0.29, 0.717) is 25.4 Å². The van der Waals surface area contributed by atoms with Crippen LogP contribution in [0.25, 0.3) is 0 Å². The monoisotopic (exact) mass is 436 g/mol. The van der Waals surface area contributed by atoms with Crippen molar-refractivity contribution in [3.8, 4) is 0 Å². The standard InChI is InChI=1S/C20H25ClN4O5/c21-14-5-16(25(28)29)18(22-9-14)23-15-1-2-24(10-15)19(26)30-17-12-3-11-4-13(17)8-20(27,6-11)7-12/h5,9,11-13,15,17,27H,1-4,6-8,10H2,(H,22,23). The third kappa shape index (κ3) is 3.58. The smallest absolute Gasteiger partial charge is 0.410 e. The van der Waals surface area contributed by atoms with E-state index < -0.39 is 10.5 Å². The summed E-state index contributed by atoms with van der Waals surface area (Å²) in [6, 6.07) is 1.11. The van der Waals surface area contributed by atoms with E-state index >= 15 is 0 Å². The van der Waals surface area contributed by atoms with Crippen LogP contribution in [0.4, 0.5) is 16.3 Å². The van der Waals surface area contributed by atoms with Crippen LogP contribution in [0.15, 0.2) is 12.3 Å². The van der Waals surface area contributed by atoms with Gasteiger partial charge in [-0.05, 0) is 56.3 Å². The van der Waals surface area contributed by atoms with E-state index in [4.69, 9.17) is 16.3 Å². The number of hydrogen-bond donors (Lipinski definition) is 2. The third-order valence-corrected chi connectivity index (χ3v) is 7.42. The zero-order valence-electron chi connectivity index (χ0n) is 16.5. The predicted molar refractivity (Wildman–Crippen MR) is 108 cm³/mol. The Morgan fingerprint density at radius 1 is 1.37 bits per heavy atom. The van der Waals surface area contributed by atoms with Gasteiger partial charge < -0.3 is 20.1 Å². The van der Waals surface area contributed by atoms with Gasteiger partial charge in [0.25, 0.3) is 0 Å². The second-order valence-corrected chi connectivity index (χ2v) is 9.83. The van der Waals surface area contributed by atoms with Gasteiger partial charge in [-0.15, -0.1) is 0 Å². The number of nitrogens with one attached hydrogen (secondary N) is 1. The summed E-state index contributed by atoms with van der Waals surface area (Å²) in [5.74, 6) is 1.22. The number of hydrogen-bond acceptors (Lipinski definition) is 7. The number of nitro groups is 1. The predicted octanol–water partition coefficient (Wildman–Crippen LogP) is 3.21. The fourth-order valence-corrected chi connectivity index (χ4v) is 6.39. The molecule has 1 aliphatic heterocycles. The Hall–Kier alpha value is -2.13. The van der Waals surface area contributed by atoms with E-state index in [1.165, 1.54) is 12.3 Å². The average Bonchev–Trinajstić information content (AvgIpc) is 3.13. The lowest BCUT2D eigenvalue weighted by Gasteiger charge is -2.57. The van der Waals surface area contributed by atoms with Gasteiger partial charge in [0.15, 0.2) is 0 Å². The van der Waals surface area contributed by atoms with Crippen LogP contribution in [0.5, 0.6) is 0 Å². The average molecular weight is 437 g/mol. The number of carbonyl (C=O) groups is 1. The summed E-state index contributed by atoms with van der Waals surface area (Å²) in [6.07, 6.45) is 5.99. The topological polar surface area (TPSA) is 118 Å². The number of amides is 1. The molecule has 0 radical (unpaired) electrons. The molecule has 0 aromatic carbocycles. The first-order valence-corrected chi connectivity index (χ1v) is 10.9. The molecule has 1 saturated heterocycles. The molecule has 1 amide bonds. The van der Waals surface area contributed by atoms with Gasteiger partial charge in [0.2, 0.25) is 5.82 Å². The summed E-state index contributed by atoms with van der Waals surface area (Å²) in [7, 11) is 0. The molecule has 30 heavy (non-hydrogen) atoms. The second kappa shape index (κ2) is 7.23. The van der Waals surface area contributed by atoms with Crippen molar-refractivity contribution in [1.82, 2.24) is 9.88 Å². The Labute approximate surface area is 178 Å². The van der Waals surface area contributed by atoms with E-state index in [1.807, 2.05) is 0 Å². The summed E-state index contributed by atoms with van der Waals surface area (Å²) in [5.41, 5.74) is -0.738. The first kappa shape index (κ1) is 19.8. The molecule has 0 spiro atoms. The van der Waals surface area contributed by atoms with Crippen LogP contribution in [0.3, 0.4) is 0 Å². The lowest BCUT2D eigenvalue weighted by molar-refractivity contribution is -0.384. The normalized spacial score (nSPS) is 36.7. The molecule has 5 aliphatic rings. The quantitative estimate of drug-likeness (QED) is 0.549. The van der Waals surface area contributed by atoms with Crippen LogP contribution in [0.1, 0.15) is 38.5 Å². The van der Waals surface area contributed by atoms with Crippen molar-refractivity contribution in [3.05, 3.63) is 27.4 Å². The van der Waals surface area contributed by atoms with Crippen molar-refractivity contribution in [2.45, 2.75) is 56.3 Å². The van der Waals surface area contributed by atoms with E-state index in [2.05, 4.69) is 10.3 Å². The Bertz CT molecular complexity index is 867. The third-order valence-electron chi connectivity index (χ3n) is 7.21. The summed E-state index contributed by atoms with van der Waals surface area (Å²) in [4.78, 5) is 29.2. The van der Waals surface area contributed by atoms with Crippen LogP contribution in [0.2, 0.25) is 5.02 Å². The maximum atomic E-state index is 12.8. The van der Waals surface area contributed by atoms with Gasteiger partial charge in [-0.25, -0.2) is 9.78 Å². The molecule has 4 saturated carbocycles. The number of likely N-dealkylation sites (tertiary alicyclic amines) is 1. The van der Waals surface area contributed by atoms with Gasteiger partial charge in [0, 0.05) is 31.4 Å². The zero-order valence-corrected chi connectivity index (χ0v) is 17.3. The van der Waals surface area contributed by atoms with Gasteiger partial charge in [0.05, 0.1) is 15.5 Å². The molecule has 1 aromatic heterocycles. The molecular formula is C20H25ClN4O5. The summed E-state index contributed by atoms with van der Waals surface area (Å²) < 4.78 is 5.94. The summed E-state index contributed by atoms with van der Waals surface area (Å²) in [5, 5.41) is 25.2. The van der Waals surface area contributed by atoms with E-state index in [1.54, 1.807) is 4.90 Å². The van der Waals surface area contributed by atoms with Crippen LogP contribution in [0, 0.1) is 27.9 Å². The highest BCUT2D eigenvalue weighted by atomic mass is 35.5. The second-order valence-electron chi connectivity index (χ2n) is 9.40.